The number of carbonyl (C=O) groups is 1. The van der Waals surface area contributed by atoms with E-state index in [1.165, 1.54) is 0 Å². The van der Waals surface area contributed by atoms with Crippen LogP contribution in [0.3, 0.4) is 0 Å². The van der Waals surface area contributed by atoms with Crippen LogP contribution in [0, 0.1) is 5.41 Å². The Kier molecular flexibility index (Phi) is 5.95. The molecule has 38 heavy (non-hydrogen) atoms. The summed E-state index contributed by atoms with van der Waals surface area (Å²) >= 11 is 13.0. The molecule has 4 aliphatic rings. The van der Waals surface area contributed by atoms with Gasteiger partial charge in [0.25, 0.3) is 0 Å². The van der Waals surface area contributed by atoms with Crippen LogP contribution in [0.1, 0.15) is 79.1 Å². The van der Waals surface area contributed by atoms with Gasteiger partial charge in [0.15, 0.2) is 0 Å². The van der Waals surface area contributed by atoms with Gasteiger partial charge in [-0.05, 0) is 81.0 Å². The predicted molar refractivity (Wildman–Crippen MR) is 144 cm³/mol. The summed E-state index contributed by atoms with van der Waals surface area (Å²) in [5, 5.41) is 14.9. The van der Waals surface area contributed by atoms with Gasteiger partial charge in [0.05, 0.1) is 22.8 Å². The van der Waals surface area contributed by atoms with Gasteiger partial charge >= 0.3 is 5.97 Å². The van der Waals surface area contributed by atoms with Gasteiger partial charge in [-0.3, -0.25) is 0 Å². The quantitative estimate of drug-likeness (QED) is 0.333. The first-order valence-corrected chi connectivity index (χ1v) is 14.2. The van der Waals surface area contributed by atoms with E-state index in [9.17, 15) is 9.90 Å². The van der Waals surface area contributed by atoms with Crippen molar-refractivity contribution in [1.29, 1.82) is 0 Å². The van der Waals surface area contributed by atoms with E-state index in [1.54, 1.807) is 12.3 Å². The lowest BCUT2D eigenvalue weighted by Gasteiger charge is -2.55. The number of aromatic carboxylic acids is 1. The van der Waals surface area contributed by atoms with Gasteiger partial charge in [-0.2, -0.15) is 0 Å². The molecular formula is C29H29Cl2N3O4. The van der Waals surface area contributed by atoms with Crippen LogP contribution in [0.15, 0.2) is 41.1 Å². The third-order valence-electron chi connectivity index (χ3n) is 8.97. The topological polar surface area (TPSA) is 88.7 Å². The fourth-order valence-electron chi connectivity index (χ4n) is 7.17. The number of halogens is 2. The molecule has 2 atom stereocenters. The second-order valence-corrected chi connectivity index (χ2v) is 12.3. The summed E-state index contributed by atoms with van der Waals surface area (Å²) in [6.45, 7) is 0.445. The van der Waals surface area contributed by atoms with Crippen LogP contribution in [-0.2, 0) is 11.3 Å². The minimum Gasteiger partial charge on any atom is -0.477 e. The van der Waals surface area contributed by atoms with Gasteiger partial charge < -0.3 is 19.3 Å². The average molecular weight is 554 g/mol. The molecule has 3 aromatic rings. The zero-order chi connectivity index (χ0) is 26.0. The molecule has 0 amide bonds. The van der Waals surface area contributed by atoms with Crippen molar-refractivity contribution in [1.82, 2.24) is 10.1 Å². The molecule has 0 unspecified atom stereocenters. The molecule has 2 aliphatic heterocycles. The molecule has 7 rings (SSSR count). The maximum absolute atomic E-state index is 11.4. The second-order valence-electron chi connectivity index (χ2n) is 11.5. The highest BCUT2D eigenvalue weighted by Gasteiger charge is 2.54. The molecular weight excluding hydrogens is 525 g/mol. The number of ether oxygens (including phenoxy) is 1. The molecule has 2 bridgehead atoms. The molecule has 4 heterocycles. The Morgan fingerprint density at radius 2 is 1.79 bits per heavy atom. The van der Waals surface area contributed by atoms with E-state index >= 15 is 0 Å². The highest BCUT2D eigenvalue weighted by Crippen LogP contribution is 2.58. The fraction of sp³-hybridized carbons (Fsp3) is 0.483. The number of carboxylic acids is 1. The summed E-state index contributed by atoms with van der Waals surface area (Å²) in [7, 11) is 0. The molecule has 198 valence electrons. The maximum atomic E-state index is 11.4. The highest BCUT2D eigenvalue weighted by atomic mass is 35.5. The molecule has 2 aromatic heterocycles. The zero-order valence-corrected chi connectivity index (χ0v) is 22.4. The lowest BCUT2D eigenvalue weighted by atomic mass is 9.59. The predicted octanol–water partition coefficient (Wildman–Crippen LogP) is 7.12. The lowest BCUT2D eigenvalue weighted by Crippen LogP contribution is -2.54. The van der Waals surface area contributed by atoms with Crippen molar-refractivity contribution < 1.29 is 19.2 Å². The summed E-state index contributed by atoms with van der Waals surface area (Å²) in [4.78, 5) is 17.9. The van der Waals surface area contributed by atoms with Gasteiger partial charge in [0.2, 0.25) is 0 Å². The minimum absolute atomic E-state index is 0.107. The van der Waals surface area contributed by atoms with Crippen LogP contribution in [0.5, 0.6) is 0 Å². The molecule has 1 aromatic carbocycles. The van der Waals surface area contributed by atoms with Crippen LogP contribution in [0.25, 0.3) is 11.3 Å². The van der Waals surface area contributed by atoms with Crippen molar-refractivity contribution in [3.63, 3.8) is 0 Å². The SMILES string of the molecule is O=C(O)c1cc(N2[C@@H]3CC[C@H]2CC2(CC(OCc4c(-c5c(Cl)cccc5Cl)noc4C4CC4)C2)C3)ccn1. The molecule has 9 heteroatoms. The molecule has 2 saturated carbocycles. The van der Waals surface area contributed by atoms with Gasteiger partial charge in [0.1, 0.15) is 17.1 Å². The first kappa shape index (κ1) is 24.4. The van der Waals surface area contributed by atoms with E-state index in [-0.39, 0.29) is 11.8 Å². The van der Waals surface area contributed by atoms with Gasteiger partial charge in [-0.25, -0.2) is 9.78 Å². The Morgan fingerprint density at radius 1 is 1.08 bits per heavy atom. The zero-order valence-electron chi connectivity index (χ0n) is 20.9. The van der Waals surface area contributed by atoms with Crippen LogP contribution in [0.2, 0.25) is 10.0 Å². The van der Waals surface area contributed by atoms with Crippen molar-refractivity contribution in [2.75, 3.05) is 4.90 Å². The van der Waals surface area contributed by atoms with Crippen molar-refractivity contribution in [3.05, 3.63) is 63.6 Å². The molecule has 7 nitrogen and oxygen atoms in total. The summed E-state index contributed by atoms with van der Waals surface area (Å²) in [5.74, 6) is 0.331. The van der Waals surface area contributed by atoms with E-state index in [2.05, 4.69) is 15.0 Å². The number of nitrogens with zero attached hydrogens (tertiary/aromatic N) is 3. The van der Waals surface area contributed by atoms with E-state index in [0.717, 1.165) is 68.4 Å². The van der Waals surface area contributed by atoms with Crippen molar-refractivity contribution >= 4 is 34.9 Å². The molecule has 2 saturated heterocycles. The third kappa shape index (κ3) is 4.19. The van der Waals surface area contributed by atoms with Crippen LogP contribution < -0.4 is 4.90 Å². The van der Waals surface area contributed by atoms with E-state index < -0.39 is 5.97 Å². The molecule has 1 spiro atoms. The Hall–Kier alpha value is -2.61. The number of fused-ring (bicyclic) bond motifs is 2. The summed E-state index contributed by atoms with van der Waals surface area (Å²) in [6.07, 6.45) is 10.7. The monoisotopic (exact) mass is 553 g/mol. The summed E-state index contributed by atoms with van der Waals surface area (Å²) < 4.78 is 12.3. The Labute approximate surface area is 231 Å². The van der Waals surface area contributed by atoms with Gasteiger partial charge in [0, 0.05) is 41.0 Å². The van der Waals surface area contributed by atoms with Gasteiger partial charge in [-0.15, -0.1) is 0 Å². The number of benzene rings is 1. The smallest absolute Gasteiger partial charge is 0.354 e. The van der Waals surface area contributed by atoms with E-state index in [4.69, 9.17) is 32.5 Å². The van der Waals surface area contributed by atoms with Gasteiger partial charge in [-0.1, -0.05) is 34.4 Å². The summed E-state index contributed by atoms with van der Waals surface area (Å²) in [6, 6.07) is 10.0. The lowest BCUT2D eigenvalue weighted by molar-refractivity contribution is -0.103. The number of anilines is 1. The molecule has 4 fully saturated rings. The van der Waals surface area contributed by atoms with E-state index in [1.807, 2.05) is 24.3 Å². The molecule has 2 aliphatic carbocycles. The van der Waals surface area contributed by atoms with Crippen LogP contribution in [-0.4, -0.2) is 39.4 Å². The normalized spacial score (nSPS) is 28.1. The minimum atomic E-state index is -0.982. The number of piperidine rings is 1. The maximum Gasteiger partial charge on any atom is 0.354 e. The first-order valence-electron chi connectivity index (χ1n) is 13.4. The highest BCUT2D eigenvalue weighted by molar-refractivity contribution is 6.39. The molecule has 1 N–H and O–H groups in total. The third-order valence-corrected chi connectivity index (χ3v) is 9.60. The number of hydrogen-bond acceptors (Lipinski definition) is 6. The number of aromatic nitrogens is 2. The molecule has 0 radical (unpaired) electrons. The van der Waals surface area contributed by atoms with Crippen molar-refractivity contribution in [3.8, 4) is 11.3 Å². The van der Waals surface area contributed by atoms with Crippen LogP contribution >= 0.6 is 23.2 Å². The Bertz CT molecular complexity index is 1360. The fourth-order valence-corrected chi connectivity index (χ4v) is 7.75. The second kappa shape index (κ2) is 9.25. The number of pyridine rings is 1. The van der Waals surface area contributed by atoms with E-state index in [0.29, 0.717) is 51.3 Å². The number of rotatable bonds is 7. The van der Waals surface area contributed by atoms with Crippen molar-refractivity contribution in [2.45, 2.75) is 82.1 Å². The average Bonchev–Trinajstić information content (AvgIpc) is 3.58. The Morgan fingerprint density at radius 3 is 2.45 bits per heavy atom. The number of hydrogen-bond donors (Lipinski definition) is 1. The number of carboxylic acid groups (broad SMARTS) is 1. The standard InChI is InChI=1S/C29H29Cl2N3O4/c30-22-2-1-3-23(31)25(22)26-21(27(38-33-26)16-4-5-16)15-37-20-13-29(14-20)11-18-6-7-19(12-29)34(18)17-8-9-32-24(10-17)28(35)36/h1-3,8-10,16,18-20H,4-7,11-15H2,(H,35,36)/t18-,19+,20?,29?. The summed E-state index contributed by atoms with van der Waals surface area (Å²) in [5.41, 5.74) is 3.78. The van der Waals surface area contributed by atoms with Crippen LogP contribution in [0.4, 0.5) is 5.69 Å². The first-order chi connectivity index (χ1) is 18.4. The Balaban J connectivity index is 1.04. The largest absolute Gasteiger partial charge is 0.477 e. The van der Waals surface area contributed by atoms with Crippen molar-refractivity contribution in [2.24, 2.45) is 5.41 Å².